The number of hydrogen-bond acceptors (Lipinski definition) is 4. The highest BCUT2D eigenvalue weighted by atomic mass is 19.3. The highest BCUT2D eigenvalue weighted by molar-refractivity contribution is 5.89. The molecule has 1 amide bonds. The molecule has 1 heterocycles. The number of anilines is 1. The van der Waals surface area contributed by atoms with Crippen LogP contribution in [0.3, 0.4) is 0 Å². The summed E-state index contributed by atoms with van der Waals surface area (Å²) in [7, 11) is 1.79. The van der Waals surface area contributed by atoms with E-state index in [1.165, 1.54) is 6.92 Å². The second kappa shape index (κ2) is 7.11. The van der Waals surface area contributed by atoms with Gasteiger partial charge in [0, 0.05) is 32.4 Å². The topological polar surface area (TPSA) is 58.1 Å². The van der Waals surface area contributed by atoms with Gasteiger partial charge < -0.3 is 10.2 Å². The van der Waals surface area contributed by atoms with Crippen molar-refractivity contribution in [2.24, 2.45) is 0 Å². The van der Waals surface area contributed by atoms with E-state index in [0.29, 0.717) is 30.8 Å². The van der Waals surface area contributed by atoms with E-state index < -0.39 is 12.2 Å². The molecule has 0 aliphatic heterocycles. The lowest BCUT2D eigenvalue weighted by Gasteiger charge is -2.20. The van der Waals surface area contributed by atoms with Crippen LogP contribution in [0.2, 0.25) is 0 Å². The molecule has 22 heavy (non-hydrogen) atoms. The zero-order valence-electron chi connectivity index (χ0n) is 12.5. The second-order valence-corrected chi connectivity index (χ2v) is 4.98. The number of halogens is 2. The minimum absolute atomic E-state index is 0.0878. The molecule has 0 aliphatic carbocycles. The lowest BCUT2D eigenvalue weighted by molar-refractivity contribution is -0.118. The first kappa shape index (κ1) is 16.1. The van der Waals surface area contributed by atoms with E-state index in [-0.39, 0.29) is 5.91 Å². The minimum atomic E-state index is -2.71. The van der Waals surface area contributed by atoms with Crippen LogP contribution in [-0.4, -0.2) is 36.0 Å². The molecule has 0 saturated heterocycles. The molecule has 1 aromatic carbocycles. The number of fused-ring (bicyclic) bond motifs is 1. The first-order chi connectivity index (χ1) is 10.5. The van der Waals surface area contributed by atoms with E-state index in [1.807, 2.05) is 12.1 Å². The number of carbonyl (C=O) groups is 1. The number of rotatable bonds is 6. The number of carbonyl (C=O) groups excluding carboxylic acids is 1. The van der Waals surface area contributed by atoms with Crippen molar-refractivity contribution in [3.8, 4) is 0 Å². The van der Waals surface area contributed by atoms with Gasteiger partial charge in [0.2, 0.25) is 5.91 Å². The van der Waals surface area contributed by atoms with Gasteiger partial charge in [-0.3, -0.25) is 4.79 Å². The molecule has 1 aromatic heterocycles. The molecule has 0 saturated carbocycles. The third kappa shape index (κ3) is 3.87. The van der Waals surface area contributed by atoms with Gasteiger partial charge in [0.25, 0.3) is 6.43 Å². The summed E-state index contributed by atoms with van der Waals surface area (Å²) in [5.74, 6) is -0.0822. The minimum Gasteiger partial charge on any atom is -0.359 e. The van der Waals surface area contributed by atoms with E-state index in [4.69, 9.17) is 0 Å². The quantitative estimate of drug-likeness (QED) is 0.833. The molecule has 0 radical (unpaired) electrons. The Morgan fingerprint density at radius 1 is 1.32 bits per heavy atom. The molecule has 7 heteroatoms. The number of para-hydroxylation sites is 1. The lowest BCUT2D eigenvalue weighted by Crippen LogP contribution is -2.27. The third-order valence-electron chi connectivity index (χ3n) is 3.20. The number of aromatic nitrogens is 2. The summed E-state index contributed by atoms with van der Waals surface area (Å²) < 4.78 is 25.9. The van der Waals surface area contributed by atoms with Crippen molar-refractivity contribution in [1.82, 2.24) is 15.3 Å². The highest BCUT2D eigenvalue weighted by Crippen LogP contribution is 2.26. The zero-order chi connectivity index (χ0) is 16.1. The van der Waals surface area contributed by atoms with Crippen molar-refractivity contribution in [3.63, 3.8) is 0 Å². The van der Waals surface area contributed by atoms with Gasteiger partial charge in [0.1, 0.15) is 5.82 Å². The fourth-order valence-electron chi connectivity index (χ4n) is 2.15. The average molecular weight is 308 g/mol. The van der Waals surface area contributed by atoms with Crippen LogP contribution in [0.5, 0.6) is 0 Å². The van der Waals surface area contributed by atoms with Crippen LogP contribution in [0.15, 0.2) is 24.3 Å². The van der Waals surface area contributed by atoms with E-state index in [1.54, 1.807) is 24.1 Å². The summed E-state index contributed by atoms with van der Waals surface area (Å²) in [5, 5.41) is 3.43. The highest BCUT2D eigenvalue weighted by Gasteiger charge is 2.16. The predicted molar refractivity (Wildman–Crippen MR) is 81.1 cm³/mol. The summed E-state index contributed by atoms with van der Waals surface area (Å²) in [4.78, 5) is 20.5. The van der Waals surface area contributed by atoms with Gasteiger partial charge in [0.05, 0.1) is 5.52 Å². The first-order valence-electron chi connectivity index (χ1n) is 6.99. The Morgan fingerprint density at radius 2 is 2.05 bits per heavy atom. The molecule has 0 bridgehead atoms. The maximum atomic E-state index is 12.9. The summed E-state index contributed by atoms with van der Waals surface area (Å²) in [6, 6.07) is 7.08. The van der Waals surface area contributed by atoms with Crippen LogP contribution in [0.1, 0.15) is 25.6 Å². The molecule has 0 aliphatic rings. The van der Waals surface area contributed by atoms with Crippen LogP contribution in [0.4, 0.5) is 14.6 Å². The summed E-state index contributed by atoms with van der Waals surface area (Å²) >= 11 is 0. The monoisotopic (exact) mass is 308 g/mol. The Balaban J connectivity index is 2.22. The van der Waals surface area contributed by atoms with Crippen LogP contribution in [0.25, 0.3) is 10.9 Å². The standard InChI is InChI=1S/C15H18F2N4O/c1-10(22)18-8-5-9-21(2)15-11-6-3-4-7-12(11)19-14(20-15)13(16)17/h3-4,6-7,13H,5,8-9H2,1-2H3,(H,18,22). The lowest BCUT2D eigenvalue weighted by atomic mass is 10.2. The molecule has 1 N–H and O–H groups in total. The Bertz CT molecular complexity index is 663. The van der Waals surface area contributed by atoms with Crippen LogP contribution >= 0.6 is 0 Å². The van der Waals surface area contributed by atoms with E-state index >= 15 is 0 Å². The number of nitrogens with one attached hydrogen (secondary N) is 1. The van der Waals surface area contributed by atoms with Crippen molar-refractivity contribution < 1.29 is 13.6 Å². The van der Waals surface area contributed by atoms with Gasteiger partial charge in [-0.2, -0.15) is 0 Å². The zero-order valence-corrected chi connectivity index (χ0v) is 12.5. The maximum Gasteiger partial charge on any atom is 0.297 e. The van der Waals surface area contributed by atoms with Gasteiger partial charge in [0.15, 0.2) is 5.82 Å². The fraction of sp³-hybridized carbons (Fsp3) is 0.400. The van der Waals surface area contributed by atoms with E-state index in [0.717, 1.165) is 5.39 Å². The largest absolute Gasteiger partial charge is 0.359 e. The second-order valence-electron chi connectivity index (χ2n) is 4.98. The number of benzene rings is 1. The molecule has 118 valence electrons. The van der Waals surface area contributed by atoms with Crippen molar-refractivity contribution in [2.45, 2.75) is 19.8 Å². The summed E-state index contributed by atoms with van der Waals surface area (Å²) in [5.41, 5.74) is 0.497. The molecule has 0 spiro atoms. The molecule has 0 unspecified atom stereocenters. The SMILES string of the molecule is CC(=O)NCCCN(C)c1nc(C(F)F)nc2ccccc12. The average Bonchev–Trinajstić information content (AvgIpc) is 2.50. The van der Waals surface area contributed by atoms with Crippen molar-refractivity contribution >= 4 is 22.6 Å². The first-order valence-corrected chi connectivity index (χ1v) is 6.99. The van der Waals surface area contributed by atoms with Crippen molar-refractivity contribution in [1.29, 1.82) is 0 Å². The predicted octanol–water partition coefficient (Wildman–Crippen LogP) is 2.53. The number of hydrogen-bond donors (Lipinski definition) is 1. The molecule has 0 fully saturated rings. The fourth-order valence-corrected chi connectivity index (χ4v) is 2.15. The maximum absolute atomic E-state index is 12.9. The van der Waals surface area contributed by atoms with E-state index in [2.05, 4.69) is 15.3 Å². The summed E-state index contributed by atoms with van der Waals surface area (Å²) in [6.45, 7) is 2.57. The van der Waals surface area contributed by atoms with Gasteiger partial charge in [-0.25, -0.2) is 18.7 Å². The smallest absolute Gasteiger partial charge is 0.297 e. The van der Waals surface area contributed by atoms with Gasteiger partial charge in [-0.15, -0.1) is 0 Å². The van der Waals surface area contributed by atoms with Crippen molar-refractivity contribution in [3.05, 3.63) is 30.1 Å². The Hall–Kier alpha value is -2.31. The van der Waals surface area contributed by atoms with Crippen LogP contribution in [0, 0.1) is 0 Å². The number of amides is 1. The van der Waals surface area contributed by atoms with Crippen molar-refractivity contribution in [2.75, 3.05) is 25.0 Å². The van der Waals surface area contributed by atoms with E-state index in [9.17, 15) is 13.6 Å². The Kier molecular flexibility index (Phi) is 5.19. The normalized spacial score (nSPS) is 11.0. The van der Waals surface area contributed by atoms with Gasteiger partial charge >= 0.3 is 0 Å². The Labute approximate surface area is 127 Å². The molecule has 2 aromatic rings. The van der Waals surface area contributed by atoms with Gasteiger partial charge in [-0.1, -0.05) is 12.1 Å². The molecule has 5 nitrogen and oxygen atoms in total. The molecule has 0 atom stereocenters. The Morgan fingerprint density at radius 3 is 2.73 bits per heavy atom. The van der Waals surface area contributed by atoms with Crippen LogP contribution in [-0.2, 0) is 4.79 Å². The number of nitrogens with zero attached hydrogens (tertiary/aromatic N) is 3. The third-order valence-corrected chi connectivity index (χ3v) is 3.20. The van der Waals surface area contributed by atoms with Gasteiger partial charge in [-0.05, 0) is 18.6 Å². The summed E-state index contributed by atoms with van der Waals surface area (Å²) in [6.07, 6.45) is -2.02. The molecular weight excluding hydrogens is 290 g/mol. The molecular formula is C15H18F2N4O. The molecule has 2 rings (SSSR count). The van der Waals surface area contributed by atoms with Crippen LogP contribution < -0.4 is 10.2 Å². The number of alkyl halides is 2.